The molecule has 0 aliphatic carbocycles. The molecule has 1 rings (SSSR count). The van der Waals surface area contributed by atoms with Gasteiger partial charge in [-0.25, -0.2) is 0 Å². The van der Waals surface area contributed by atoms with Crippen molar-refractivity contribution in [3.05, 3.63) is 0 Å². The van der Waals surface area contributed by atoms with E-state index in [1.54, 1.807) is 7.05 Å². The van der Waals surface area contributed by atoms with Crippen molar-refractivity contribution in [1.82, 2.24) is 10.2 Å². The lowest BCUT2D eigenvalue weighted by Gasteiger charge is -2.15. The zero-order valence-corrected chi connectivity index (χ0v) is 6.50. The summed E-state index contributed by atoms with van der Waals surface area (Å²) in [5, 5.41) is 11.1. The average Bonchev–Trinajstić information content (AvgIpc) is 2.50. The summed E-state index contributed by atoms with van der Waals surface area (Å²) in [7, 11) is 1.59. The number of hydrogen-bond donors (Lipinski definition) is 1. The van der Waals surface area contributed by atoms with Crippen LogP contribution in [0.3, 0.4) is 0 Å². The number of nitrogens with one attached hydrogen (secondary N) is 1. The van der Waals surface area contributed by atoms with Gasteiger partial charge in [0.05, 0.1) is 0 Å². The van der Waals surface area contributed by atoms with Crippen LogP contribution in [0.25, 0.3) is 0 Å². The van der Waals surface area contributed by atoms with Crippen LogP contribution in [-0.2, 0) is 4.79 Å². The Balaban J connectivity index is 2.58. The minimum absolute atomic E-state index is 0.0518. The first kappa shape index (κ1) is 7.86. The molecule has 4 heteroatoms. The molecule has 0 aromatic heterocycles. The van der Waals surface area contributed by atoms with E-state index in [1.807, 2.05) is 6.19 Å². The maximum Gasteiger partial charge on any atom is 0.243 e. The molecule has 0 spiro atoms. The third-order valence-corrected chi connectivity index (χ3v) is 1.93. The monoisotopic (exact) mass is 153 g/mol. The smallest absolute Gasteiger partial charge is 0.243 e. The van der Waals surface area contributed by atoms with Crippen molar-refractivity contribution in [3.63, 3.8) is 0 Å². The van der Waals surface area contributed by atoms with Crippen LogP contribution < -0.4 is 5.32 Å². The number of amides is 1. The molecule has 0 aromatic carbocycles. The molecule has 0 radical (unpaired) electrons. The van der Waals surface area contributed by atoms with Crippen LogP contribution in [0, 0.1) is 11.5 Å². The summed E-state index contributed by atoms with van der Waals surface area (Å²) >= 11 is 0. The second kappa shape index (κ2) is 3.24. The molecule has 1 amide bonds. The second-order valence-corrected chi connectivity index (χ2v) is 2.57. The molecule has 1 atom stereocenters. The van der Waals surface area contributed by atoms with Crippen LogP contribution in [0.4, 0.5) is 0 Å². The van der Waals surface area contributed by atoms with Crippen LogP contribution in [0.15, 0.2) is 0 Å². The largest absolute Gasteiger partial charge is 0.357 e. The maximum atomic E-state index is 11.1. The van der Waals surface area contributed by atoms with Gasteiger partial charge in [0.2, 0.25) is 5.91 Å². The van der Waals surface area contributed by atoms with E-state index >= 15 is 0 Å². The number of carbonyl (C=O) groups excluding carboxylic acids is 1. The molecule has 1 N–H and O–H groups in total. The Morgan fingerprint density at radius 3 is 3.09 bits per heavy atom. The quantitative estimate of drug-likeness (QED) is 0.525. The Labute approximate surface area is 65.8 Å². The first-order valence-corrected chi connectivity index (χ1v) is 3.67. The molecule has 1 heterocycles. The Kier molecular flexibility index (Phi) is 2.32. The first-order chi connectivity index (χ1) is 5.29. The number of nitriles is 1. The number of likely N-dealkylation sites (N-methyl/N-ethyl adjacent to an activating group) is 1. The highest BCUT2D eigenvalue weighted by molar-refractivity contribution is 5.81. The highest BCUT2D eigenvalue weighted by Crippen LogP contribution is 2.15. The molecule has 0 bridgehead atoms. The molecule has 1 aliphatic rings. The van der Waals surface area contributed by atoms with E-state index in [0.29, 0.717) is 6.54 Å². The highest BCUT2D eigenvalue weighted by Gasteiger charge is 2.28. The zero-order valence-electron chi connectivity index (χ0n) is 6.50. The fraction of sp³-hybridized carbons (Fsp3) is 0.714. The van der Waals surface area contributed by atoms with E-state index in [9.17, 15) is 4.79 Å². The lowest BCUT2D eigenvalue weighted by Crippen LogP contribution is -2.39. The third kappa shape index (κ3) is 1.43. The zero-order chi connectivity index (χ0) is 8.27. The molecular weight excluding hydrogens is 142 g/mol. The van der Waals surface area contributed by atoms with Gasteiger partial charge in [0.15, 0.2) is 6.19 Å². The van der Waals surface area contributed by atoms with E-state index in [0.717, 1.165) is 12.8 Å². The fourth-order valence-corrected chi connectivity index (χ4v) is 1.33. The minimum Gasteiger partial charge on any atom is -0.357 e. The number of likely N-dealkylation sites (tertiary alicyclic amines) is 1. The number of carbonyl (C=O) groups is 1. The van der Waals surface area contributed by atoms with Crippen LogP contribution in [0.2, 0.25) is 0 Å². The molecular formula is C7H11N3O. The van der Waals surface area contributed by atoms with E-state index in [2.05, 4.69) is 5.32 Å². The summed E-state index contributed by atoms with van der Waals surface area (Å²) < 4.78 is 0. The standard InChI is InChI=1S/C7H11N3O/c1-9-7(11)6-3-2-4-10(6)5-8/h6H,2-4H2,1H3,(H,9,11). The summed E-state index contributed by atoms with van der Waals surface area (Å²) in [5.74, 6) is -0.0518. The Hall–Kier alpha value is -1.24. The summed E-state index contributed by atoms with van der Waals surface area (Å²) in [6.07, 6.45) is 3.74. The van der Waals surface area contributed by atoms with Gasteiger partial charge in [0.25, 0.3) is 0 Å². The van der Waals surface area contributed by atoms with Gasteiger partial charge in [0, 0.05) is 13.6 Å². The van der Waals surface area contributed by atoms with Crippen molar-refractivity contribution in [2.45, 2.75) is 18.9 Å². The number of hydrogen-bond acceptors (Lipinski definition) is 3. The minimum atomic E-state index is -0.218. The van der Waals surface area contributed by atoms with Crippen LogP contribution >= 0.6 is 0 Å². The Morgan fingerprint density at radius 1 is 1.82 bits per heavy atom. The fourth-order valence-electron chi connectivity index (χ4n) is 1.33. The predicted octanol–water partition coefficient (Wildman–Crippen LogP) is -0.322. The van der Waals surface area contributed by atoms with E-state index in [4.69, 9.17) is 5.26 Å². The number of nitrogens with zero attached hydrogens (tertiary/aromatic N) is 2. The second-order valence-electron chi connectivity index (χ2n) is 2.57. The van der Waals surface area contributed by atoms with Gasteiger partial charge >= 0.3 is 0 Å². The topological polar surface area (TPSA) is 56.1 Å². The molecule has 11 heavy (non-hydrogen) atoms. The molecule has 1 aliphatic heterocycles. The SMILES string of the molecule is CNC(=O)C1CCCN1C#N. The van der Waals surface area contributed by atoms with E-state index < -0.39 is 0 Å². The van der Waals surface area contributed by atoms with Gasteiger partial charge in [-0.2, -0.15) is 5.26 Å². The van der Waals surface area contributed by atoms with E-state index in [-0.39, 0.29) is 11.9 Å². The van der Waals surface area contributed by atoms with Crippen molar-refractivity contribution in [2.75, 3.05) is 13.6 Å². The van der Waals surface area contributed by atoms with Crippen molar-refractivity contribution in [1.29, 1.82) is 5.26 Å². The van der Waals surface area contributed by atoms with Crippen LogP contribution in [-0.4, -0.2) is 30.4 Å². The van der Waals surface area contributed by atoms with Gasteiger partial charge in [0.1, 0.15) is 6.04 Å². The molecule has 1 fully saturated rings. The molecule has 60 valence electrons. The van der Waals surface area contributed by atoms with Gasteiger partial charge in [-0.1, -0.05) is 0 Å². The van der Waals surface area contributed by atoms with Gasteiger partial charge in [-0.15, -0.1) is 0 Å². The molecule has 0 saturated carbocycles. The van der Waals surface area contributed by atoms with Crippen LogP contribution in [0.1, 0.15) is 12.8 Å². The predicted molar refractivity (Wildman–Crippen MR) is 39.4 cm³/mol. The summed E-state index contributed by atoms with van der Waals surface area (Å²) in [4.78, 5) is 12.6. The first-order valence-electron chi connectivity index (χ1n) is 3.67. The number of rotatable bonds is 1. The molecule has 1 unspecified atom stereocenters. The summed E-state index contributed by atoms with van der Waals surface area (Å²) in [6.45, 7) is 0.717. The van der Waals surface area contributed by atoms with E-state index in [1.165, 1.54) is 4.90 Å². The van der Waals surface area contributed by atoms with Crippen LogP contribution in [0.5, 0.6) is 0 Å². The summed E-state index contributed by atoms with van der Waals surface area (Å²) in [5.41, 5.74) is 0. The average molecular weight is 153 g/mol. The third-order valence-electron chi connectivity index (χ3n) is 1.93. The summed E-state index contributed by atoms with van der Waals surface area (Å²) in [6, 6.07) is -0.218. The molecule has 4 nitrogen and oxygen atoms in total. The van der Waals surface area contributed by atoms with Gasteiger partial charge in [-0.05, 0) is 12.8 Å². The maximum absolute atomic E-state index is 11.1. The molecule has 0 aromatic rings. The lowest BCUT2D eigenvalue weighted by atomic mass is 10.2. The molecule has 1 saturated heterocycles. The van der Waals surface area contributed by atoms with Crippen molar-refractivity contribution in [2.24, 2.45) is 0 Å². The lowest BCUT2D eigenvalue weighted by molar-refractivity contribution is -0.124. The van der Waals surface area contributed by atoms with Crippen molar-refractivity contribution in [3.8, 4) is 6.19 Å². The Morgan fingerprint density at radius 2 is 2.55 bits per heavy atom. The Bertz CT molecular complexity index is 196. The van der Waals surface area contributed by atoms with Gasteiger partial charge < -0.3 is 5.32 Å². The van der Waals surface area contributed by atoms with Crippen molar-refractivity contribution >= 4 is 5.91 Å². The van der Waals surface area contributed by atoms with Crippen molar-refractivity contribution < 1.29 is 4.79 Å². The normalized spacial score (nSPS) is 22.9. The van der Waals surface area contributed by atoms with Gasteiger partial charge in [-0.3, -0.25) is 9.69 Å². The highest BCUT2D eigenvalue weighted by atomic mass is 16.2.